The molecular weight excluding hydrogens is 452 g/mol. The van der Waals surface area contributed by atoms with Gasteiger partial charge in [-0.3, -0.25) is 9.59 Å². The first kappa shape index (κ1) is 32.0. The van der Waals surface area contributed by atoms with Crippen molar-refractivity contribution in [2.75, 3.05) is 6.61 Å². The van der Waals surface area contributed by atoms with Gasteiger partial charge in [0.05, 0.1) is 6.61 Å². The zero-order valence-corrected chi connectivity index (χ0v) is 22.9. The second-order valence-electron chi connectivity index (χ2n) is 10.2. The summed E-state index contributed by atoms with van der Waals surface area (Å²) in [6.07, 6.45) is 21.8. The normalized spacial score (nSPS) is 11.0. The van der Waals surface area contributed by atoms with Gasteiger partial charge in [0, 0.05) is 12.8 Å². The number of aliphatic carboxylic acids is 2. The standard InChI is InChI=1S/C31H52O5/c1-2-3-18-26-36-29-23-19-21-27(20-14-10-6-4-8-12-16-24-30(32)33)28(29)22-15-11-7-5-9-13-17-25-31(34)35/h19,21,23H,2-18,20,22,24-26H2,1H3,(H,32,33)(H,34,35). The Bertz CT molecular complexity index is 700. The highest BCUT2D eigenvalue weighted by Crippen LogP contribution is 2.27. The molecule has 206 valence electrons. The molecule has 2 N–H and O–H groups in total. The molecule has 0 saturated heterocycles. The topological polar surface area (TPSA) is 83.8 Å². The lowest BCUT2D eigenvalue weighted by Crippen LogP contribution is -2.04. The smallest absolute Gasteiger partial charge is 0.303 e. The third kappa shape index (κ3) is 17.4. The molecule has 0 bridgehead atoms. The molecule has 0 fully saturated rings. The van der Waals surface area contributed by atoms with E-state index in [0.717, 1.165) is 70.1 Å². The molecule has 0 spiro atoms. The lowest BCUT2D eigenvalue weighted by Gasteiger charge is -2.16. The van der Waals surface area contributed by atoms with E-state index in [1.54, 1.807) is 0 Å². The molecule has 5 nitrogen and oxygen atoms in total. The van der Waals surface area contributed by atoms with E-state index in [-0.39, 0.29) is 0 Å². The highest BCUT2D eigenvalue weighted by Gasteiger charge is 2.10. The van der Waals surface area contributed by atoms with Gasteiger partial charge in [-0.05, 0) is 62.1 Å². The van der Waals surface area contributed by atoms with Crippen molar-refractivity contribution in [2.45, 2.75) is 142 Å². The number of ether oxygens (including phenoxy) is 1. The van der Waals surface area contributed by atoms with E-state index in [0.29, 0.717) is 12.8 Å². The molecule has 1 rings (SSSR count). The number of carboxylic acids is 2. The fraction of sp³-hybridized carbons (Fsp3) is 0.742. The van der Waals surface area contributed by atoms with Gasteiger partial charge in [0.2, 0.25) is 0 Å². The highest BCUT2D eigenvalue weighted by molar-refractivity contribution is 5.66. The second-order valence-corrected chi connectivity index (χ2v) is 10.2. The predicted octanol–water partition coefficient (Wildman–Crippen LogP) is 8.75. The Hall–Kier alpha value is -2.04. The summed E-state index contributed by atoms with van der Waals surface area (Å²) in [4.78, 5) is 21.2. The Morgan fingerprint density at radius 2 is 1.14 bits per heavy atom. The van der Waals surface area contributed by atoms with Crippen molar-refractivity contribution in [2.24, 2.45) is 0 Å². The van der Waals surface area contributed by atoms with Gasteiger partial charge in [-0.2, -0.15) is 0 Å². The van der Waals surface area contributed by atoms with Gasteiger partial charge >= 0.3 is 11.9 Å². The Labute approximate surface area is 220 Å². The van der Waals surface area contributed by atoms with E-state index in [1.165, 1.54) is 75.3 Å². The fourth-order valence-electron chi connectivity index (χ4n) is 4.74. The summed E-state index contributed by atoms with van der Waals surface area (Å²) in [6.45, 7) is 3.01. The summed E-state index contributed by atoms with van der Waals surface area (Å²) in [5.41, 5.74) is 2.85. The molecule has 0 unspecified atom stereocenters. The predicted molar refractivity (Wildman–Crippen MR) is 148 cm³/mol. The SMILES string of the molecule is CCCCCOc1cccc(CCCCCCCCCC(=O)O)c1CCCCCCCCCC(=O)O. The van der Waals surface area contributed by atoms with E-state index in [9.17, 15) is 9.59 Å². The Kier molecular flexibility index (Phi) is 19.7. The van der Waals surface area contributed by atoms with Gasteiger partial charge in [0.1, 0.15) is 5.75 Å². The van der Waals surface area contributed by atoms with E-state index >= 15 is 0 Å². The second kappa shape index (κ2) is 22.2. The Balaban J connectivity index is 2.42. The van der Waals surface area contributed by atoms with Crippen LogP contribution in [0.5, 0.6) is 5.75 Å². The van der Waals surface area contributed by atoms with Crippen molar-refractivity contribution < 1.29 is 24.5 Å². The third-order valence-electron chi connectivity index (χ3n) is 6.89. The minimum absolute atomic E-state index is 0.296. The van der Waals surface area contributed by atoms with Crippen molar-refractivity contribution in [3.63, 3.8) is 0 Å². The molecule has 0 aliphatic carbocycles. The number of carbonyl (C=O) groups is 2. The molecule has 0 amide bonds. The van der Waals surface area contributed by atoms with Gasteiger partial charge in [-0.25, -0.2) is 0 Å². The van der Waals surface area contributed by atoms with Crippen molar-refractivity contribution in [3.8, 4) is 5.75 Å². The minimum Gasteiger partial charge on any atom is -0.493 e. The summed E-state index contributed by atoms with van der Waals surface area (Å²) < 4.78 is 6.23. The molecular formula is C31H52O5. The maximum atomic E-state index is 10.6. The number of hydrogen-bond acceptors (Lipinski definition) is 3. The summed E-state index contributed by atoms with van der Waals surface area (Å²) in [5, 5.41) is 17.4. The Morgan fingerprint density at radius 1 is 0.639 bits per heavy atom. The first-order valence-corrected chi connectivity index (χ1v) is 14.7. The van der Waals surface area contributed by atoms with Gasteiger partial charge in [0.15, 0.2) is 0 Å². The molecule has 0 heterocycles. The number of benzene rings is 1. The fourth-order valence-corrected chi connectivity index (χ4v) is 4.74. The van der Waals surface area contributed by atoms with Gasteiger partial charge in [-0.1, -0.05) is 96.1 Å². The van der Waals surface area contributed by atoms with E-state index in [2.05, 4.69) is 25.1 Å². The summed E-state index contributed by atoms with van der Waals surface area (Å²) in [6, 6.07) is 6.57. The van der Waals surface area contributed by atoms with Crippen LogP contribution in [-0.4, -0.2) is 28.8 Å². The zero-order chi connectivity index (χ0) is 26.3. The Morgan fingerprint density at radius 3 is 1.67 bits per heavy atom. The van der Waals surface area contributed by atoms with Gasteiger partial charge in [-0.15, -0.1) is 0 Å². The third-order valence-corrected chi connectivity index (χ3v) is 6.89. The van der Waals surface area contributed by atoms with Crippen molar-refractivity contribution in [1.29, 1.82) is 0 Å². The van der Waals surface area contributed by atoms with Crippen LogP contribution in [0.4, 0.5) is 0 Å². The van der Waals surface area contributed by atoms with Gasteiger partial charge in [0.25, 0.3) is 0 Å². The maximum Gasteiger partial charge on any atom is 0.303 e. The summed E-state index contributed by atoms with van der Waals surface area (Å²) >= 11 is 0. The molecule has 5 heteroatoms. The lowest BCUT2D eigenvalue weighted by molar-refractivity contribution is -0.138. The molecule has 0 radical (unpaired) electrons. The van der Waals surface area contributed by atoms with Crippen LogP contribution in [0, 0.1) is 0 Å². The molecule has 0 aliphatic rings. The molecule has 0 aromatic heterocycles. The monoisotopic (exact) mass is 504 g/mol. The largest absolute Gasteiger partial charge is 0.493 e. The summed E-state index contributed by atoms with van der Waals surface area (Å²) in [5.74, 6) is -0.291. The lowest BCUT2D eigenvalue weighted by atomic mass is 9.95. The number of carboxylic acid groups (broad SMARTS) is 2. The van der Waals surface area contributed by atoms with Crippen molar-refractivity contribution in [1.82, 2.24) is 0 Å². The van der Waals surface area contributed by atoms with Crippen LogP contribution >= 0.6 is 0 Å². The molecule has 1 aromatic carbocycles. The van der Waals surface area contributed by atoms with Crippen LogP contribution in [0.15, 0.2) is 18.2 Å². The average molecular weight is 505 g/mol. The molecule has 0 aliphatic heterocycles. The van der Waals surface area contributed by atoms with Crippen LogP contribution in [0.1, 0.15) is 140 Å². The highest BCUT2D eigenvalue weighted by atomic mass is 16.5. The van der Waals surface area contributed by atoms with Crippen LogP contribution < -0.4 is 4.74 Å². The number of rotatable bonds is 25. The van der Waals surface area contributed by atoms with Crippen LogP contribution in [-0.2, 0) is 22.4 Å². The van der Waals surface area contributed by atoms with Crippen LogP contribution in [0.2, 0.25) is 0 Å². The number of unbranched alkanes of at least 4 members (excludes halogenated alkanes) is 14. The van der Waals surface area contributed by atoms with Gasteiger partial charge < -0.3 is 14.9 Å². The van der Waals surface area contributed by atoms with E-state index in [1.807, 2.05) is 0 Å². The molecule has 0 atom stereocenters. The average Bonchev–Trinajstić information content (AvgIpc) is 2.85. The zero-order valence-electron chi connectivity index (χ0n) is 22.9. The van der Waals surface area contributed by atoms with Crippen molar-refractivity contribution >= 4 is 11.9 Å². The van der Waals surface area contributed by atoms with Crippen LogP contribution in [0.3, 0.4) is 0 Å². The molecule has 36 heavy (non-hydrogen) atoms. The number of hydrogen-bond donors (Lipinski definition) is 2. The number of aryl methyl sites for hydroxylation is 1. The van der Waals surface area contributed by atoms with E-state index < -0.39 is 11.9 Å². The minimum atomic E-state index is -0.686. The van der Waals surface area contributed by atoms with E-state index in [4.69, 9.17) is 14.9 Å². The molecule has 1 aromatic rings. The quantitative estimate of drug-likeness (QED) is 0.130. The summed E-state index contributed by atoms with van der Waals surface area (Å²) in [7, 11) is 0. The molecule has 0 saturated carbocycles. The first-order chi connectivity index (χ1) is 17.5. The maximum absolute atomic E-state index is 10.6. The van der Waals surface area contributed by atoms with Crippen molar-refractivity contribution in [3.05, 3.63) is 29.3 Å². The van der Waals surface area contributed by atoms with Crippen LogP contribution in [0.25, 0.3) is 0 Å². The first-order valence-electron chi connectivity index (χ1n) is 14.7.